The molecule has 3 rings (SSSR count). The van der Waals surface area contributed by atoms with E-state index in [4.69, 9.17) is 0 Å². The maximum Gasteiger partial charge on any atom is 0.0468 e. The third kappa shape index (κ3) is 1.81. The molecule has 0 radical (unpaired) electrons. The van der Waals surface area contributed by atoms with Gasteiger partial charge in [-0.05, 0) is 42.7 Å². The van der Waals surface area contributed by atoms with Gasteiger partial charge in [-0.15, -0.1) is 6.58 Å². The Labute approximate surface area is 110 Å². The van der Waals surface area contributed by atoms with Gasteiger partial charge >= 0.3 is 0 Å². The van der Waals surface area contributed by atoms with E-state index in [-0.39, 0.29) is 5.54 Å². The average molecular weight is 241 g/mol. The minimum atomic E-state index is 0.237. The first kappa shape index (κ1) is 12.0. The van der Waals surface area contributed by atoms with Gasteiger partial charge in [0.05, 0.1) is 0 Å². The van der Waals surface area contributed by atoms with Gasteiger partial charge in [-0.25, -0.2) is 0 Å². The molecule has 2 atom stereocenters. The lowest BCUT2D eigenvalue weighted by molar-refractivity contribution is 0.124. The van der Waals surface area contributed by atoms with Crippen LogP contribution in [-0.2, 0) is 12.0 Å². The zero-order valence-electron chi connectivity index (χ0n) is 11.1. The molecule has 0 amide bonds. The molecule has 0 spiro atoms. The molecule has 0 aromatic heterocycles. The van der Waals surface area contributed by atoms with Crippen LogP contribution in [0.2, 0.25) is 0 Å². The van der Waals surface area contributed by atoms with Gasteiger partial charge in [0.1, 0.15) is 0 Å². The van der Waals surface area contributed by atoms with E-state index in [0.717, 1.165) is 12.5 Å². The zero-order valence-corrected chi connectivity index (χ0v) is 11.1. The van der Waals surface area contributed by atoms with Crippen LogP contribution in [0.4, 0.5) is 0 Å². The van der Waals surface area contributed by atoms with Crippen molar-refractivity contribution in [3.8, 4) is 0 Å². The second-order valence-corrected chi connectivity index (χ2v) is 5.78. The number of nitrogens with one attached hydrogen (secondary N) is 1. The SMILES string of the molecule is C=CCNC12CCCCC1CCc1ccccc12. The highest BCUT2D eigenvalue weighted by Gasteiger charge is 2.44. The van der Waals surface area contributed by atoms with E-state index in [0.29, 0.717) is 0 Å². The van der Waals surface area contributed by atoms with Gasteiger partial charge in [0.25, 0.3) is 0 Å². The third-order valence-electron chi connectivity index (χ3n) is 4.89. The van der Waals surface area contributed by atoms with Gasteiger partial charge in [-0.2, -0.15) is 0 Å². The van der Waals surface area contributed by atoms with E-state index in [1.807, 2.05) is 6.08 Å². The van der Waals surface area contributed by atoms with Crippen molar-refractivity contribution in [3.05, 3.63) is 48.0 Å². The van der Waals surface area contributed by atoms with Gasteiger partial charge in [-0.3, -0.25) is 0 Å². The normalized spacial score (nSPS) is 30.3. The molecule has 2 aliphatic carbocycles. The molecule has 0 saturated heterocycles. The van der Waals surface area contributed by atoms with Crippen molar-refractivity contribution < 1.29 is 0 Å². The Hall–Kier alpha value is -1.08. The molecular formula is C17H23N. The van der Waals surface area contributed by atoms with Crippen LogP contribution in [-0.4, -0.2) is 6.54 Å². The first-order chi connectivity index (χ1) is 8.87. The summed E-state index contributed by atoms with van der Waals surface area (Å²) in [6, 6.07) is 9.05. The molecule has 1 heteroatoms. The topological polar surface area (TPSA) is 12.0 Å². The Balaban J connectivity index is 2.03. The van der Waals surface area contributed by atoms with E-state index in [1.165, 1.54) is 38.5 Å². The summed E-state index contributed by atoms with van der Waals surface area (Å²) in [5.74, 6) is 0.820. The molecule has 0 bridgehead atoms. The predicted molar refractivity (Wildman–Crippen MR) is 76.6 cm³/mol. The van der Waals surface area contributed by atoms with Crippen LogP contribution in [0.15, 0.2) is 36.9 Å². The number of benzene rings is 1. The lowest BCUT2D eigenvalue weighted by Gasteiger charge is -2.49. The maximum absolute atomic E-state index is 3.87. The molecular weight excluding hydrogens is 218 g/mol. The predicted octanol–water partition coefficient (Wildman–Crippen LogP) is 3.79. The summed E-state index contributed by atoms with van der Waals surface area (Å²) in [7, 11) is 0. The lowest BCUT2D eigenvalue weighted by atomic mass is 9.62. The van der Waals surface area contributed by atoms with Crippen LogP contribution in [0.3, 0.4) is 0 Å². The molecule has 18 heavy (non-hydrogen) atoms. The van der Waals surface area contributed by atoms with E-state index in [9.17, 15) is 0 Å². The standard InChI is InChI=1S/C17H23N/c1-2-13-18-17-12-6-5-8-15(17)11-10-14-7-3-4-9-16(14)17/h2-4,7,9,15,18H,1,5-6,8,10-13H2. The zero-order chi connectivity index (χ0) is 12.4. The average Bonchev–Trinajstić information content (AvgIpc) is 2.45. The molecule has 2 unspecified atom stereocenters. The van der Waals surface area contributed by atoms with Crippen molar-refractivity contribution in [1.82, 2.24) is 5.32 Å². The fourth-order valence-electron chi connectivity index (χ4n) is 4.08. The minimum Gasteiger partial charge on any atom is -0.304 e. The first-order valence-corrected chi connectivity index (χ1v) is 7.31. The quantitative estimate of drug-likeness (QED) is 0.794. The largest absolute Gasteiger partial charge is 0.304 e. The fourth-order valence-corrected chi connectivity index (χ4v) is 4.08. The van der Waals surface area contributed by atoms with Crippen molar-refractivity contribution in [2.75, 3.05) is 6.54 Å². The van der Waals surface area contributed by atoms with Crippen LogP contribution < -0.4 is 5.32 Å². The summed E-state index contributed by atoms with van der Waals surface area (Å²) in [6.07, 6.45) is 10.1. The van der Waals surface area contributed by atoms with Crippen molar-refractivity contribution in [1.29, 1.82) is 0 Å². The molecule has 1 aromatic carbocycles. The molecule has 96 valence electrons. The Kier molecular flexibility index (Phi) is 3.25. The molecule has 1 saturated carbocycles. The van der Waals surface area contributed by atoms with E-state index in [2.05, 4.69) is 36.2 Å². The van der Waals surface area contributed by atoms with Crippen molar-refractivity contribution in [3.63, 3.8) is 0 Å². The van der Waals surface area contributed by atoms with Gasteiger partial charge in [0.2, 0.25) is 0 Å². The number of aryl methyl sites for hydroxylation is 1. The fraction of sp³-hybridized carbons (Fsp3) is 0.529. The van der Waals surface area contributed by atoms with E-state index >= 15 is 0 Å². The molecule has 0 aliphatic heterocycles. The van der Waals surface area contributed by atoms with E-state index in [1.54, 1.807) is 11.1 Å². The Bertz CT molecular complexity index is 437. The van der Waals surface area contributed by atoms with Crippen LogP contribution >= 0.6 is 0 Å². The summed E-state index contributed by atoms with van der Waals surface area (Å²) < 4.78 is 0. The highest BCUT2D eigenvalue weighted by molar-refractivity contribution is 5.38. The number of rotatable bonds is 3. The van der Waals surface area contributed by atoms with Crippen molar-refractivity contribution in [2.45, 2.75) is 44.1 Å². The molecule has 2 aliphatic rings. The highest BCUT2D eigenvalue weighted by atomic mass is 15.0. The van der Waals surface area contributed by atoms with E-state index < -0.39 is 0 Å². The Morgan fingerprint density at radius 3 is 3.06 bits per heavy atom. The number of fused-ring (bicyclic) bond motifs is 3. The number of hydrogen-bond acceptors (Lipinski definition) is 1. The summed E-state index contributed by atoms with van der Waals surface area (Å²) in [4.78, 5) is 0. The van der Waals surface area contributed by atoms with Crippen molar-refractivity contribution >= 4 is 0 Å². The molecule has 1 nitrogen and oxygen atoms in total. The smallest absolute Gasteiger partial charge is 0.0468 e. The van der Waals surface area contributed by atoms with Crippen molar-refractivity contribution in [2.24, 2.45) is 5.92 Å². The number of hydrogen-bond donors (Lipinski definition) is 1. The van der Waals surface area contributed by atoms with Crippen LogP contribution in [0.5, 0.6) is 0 Å². The lowest BCUT2D eigenvalue weighted by Crippen LogP contribution is -2.52. The summed E-state index contributed by atoms with van der Waals surface area (Å²) in [5, 5.41) is 3.82. The van der Waals surface area contributed by atoms with Crippen LogP contribution in [0.25, 0.3) is 0 Å². The van der Waals surface area contributed by atoms with Gasteiger partial charge < -0.3 is 5.32 Å². The second kappa shape index (κ2) is 4.89. The highest BCUT2D eigenvalue weighted by Crippen LogP contribution is 2.48. The monoisotopic (exact) mass is 241 g/mol. The second-order valence-electron chi connectivity index (χ2n) is 5.78. The first-order valence-electron chi connectivity index (χ1n) is 7.31. The van der Waals surface area contributed by atoms with Gasteiger partial charge in [0, 0.05) is 12.1 Å². The summed E-state index contributed by atoms with van der Waals surface area (Å²) in [5.41, 5.74) is 3.37. The summed E-state index contributed by atoms with van der Waals surface area (Å²) >= 11 is 0. The molecule has 1 N–H and O–H groups in total. The Morgan fingerprint density at radius 1 is 1.28 bits per heavy atom. The molecule has 0 heterocycles. The summed E-state index contributed by atoms with van der Waals surface area (Å²) in [6.45, 7) is 4.79. The maximum atomic E-state index is 3.87. The van der Waals surface area contributed by atoms with Gasteiger partial charge in [0.15, 0.2) is 0 Å². The van der Waals surface area contributed by atoms with Crippen LogP contribution in [0.1, 0.15) is 43.2 Å². The Morgan fingerprint density at radius 2 is 2.17 bits per heavy atom. The molecule has 1 aromatic rings. The minimum absolute atomic E-state index is 0.237. The van der Waals surface area contributed by atoms with Crippen LogP contribution in [0, 0.1) is 5.92 Å². The molecule has 1 fully saturated rings. The van der Waals surface area contributed by atoms with Gasteiger partial charge in [-0.1, -0.05) is 43.2 Å². The third-order valence-corrected chi connectivity index (χ3v) is 4.89.